The molecule has 0 amide bonds. The van der Waals surface area contributed by atoms with Gasteiger partial charge in [0.25, 0.3) is 0 Å². The molecule has 0 spiro atoms. The van der Waals surface area contributed by atoms with E-state index in [1.165, 1.54) is 0 Å². The van der Waals surface area contributed by atoms with Gasteiger partial charge in [0.1, 0.15) is 0 Å². The van der Waals surface area contributed by atoms with Crippen molar-refractivity contribution in [2.24, 2.45) is 0 Å². The molecule has 1 aliphatic rings. The fraction of sp³-hybridized carbons (Fsp3) is 0.400. The summed E-state index contributed by atoms with van der Waals surface area (Å²) in [6.45, 7) is 2.55. The zero-order chi connectivity index (χ0) is 23.5. The van der Waals surface area contributed by atoms with E-state index in [-0.39, 0.29) is 11.7 Å². The third kappa shape index (κ3) is 4.31. The van der Waals surface area contributed by atoms with Crippen molar-refractivity contribution in [1.82, 2.24) is 34.7 Å². The molecule has 2 N–H and O–H groups in total. The van der Waals surface area contributed by atoms with Gasteiger partial charge in [0.2, 0.25) is 5.82 Å². The Morgan fingerprint density at radius 1 is 1.15 bits per heavy atom. The van der Waals surface area contributed by atoms with E-state index in [1.54, 1.807) is 4.57 Å². The maximum absolute atomic E-state index is 13.3. The molecule has 5 rings (SSSR count). The highest BCUT2D eigenvalue weighted by Gasteiger charge is 2.29. The Morgan fingerprint density at radius 3 is 2.68 bits per heavy atom. The van der Waals surface area contributed by atoms with Gasteiger partial charge in [0.05, 0.1) is 24.4 Å². The first-order valence-corrected chi connectivity index (χ1v) is 11.9. The molecule has 9 nitrogen and oxygen atoms in total. The average Bonchev–Trinajstić information content (AvgIpc) is 3.61. The molecule has 4 aromatic rings. The first kappa shape index (κ1) is 22.2. The fourth-order valence-corrected chi connectivity index (χ4v) is 4.80. The van der Waals surface area contributed by atoms with Crippen molar-refractivity contribution in [2.75, 3.05) is 0 Å². The number of aliphatic hydroxyl groups excluding tert-OH is 1. The molecular weight excluding hydrogens is 430 g/mol. The molecule has 1 saturated carbocycles. The monoisotopic (exact) mass is 459 g/mol. The van der Waals surface area contributed by atoms with Gasteiger partial charge in [-0.15, -0.1) is 10.2 Å². The summed E-state index contributed by atoms with van der Waals surface area (Å²) in [6, 6.07) is 11.7. The van der Waals surface area contributed by atoms with E-state index in [9.17, 15) is 9.90 Å². The van der Waals surface area contributed by atoms with Gasteiger partial charge in [-0.2, -0.15) is 5.21 Å². The number of tetrazole rings is 1. The molecule has 9 heteroatoms. The Hall–Kier alpha value is -3.59. The van der Waals surface area contributed by atoms with Gasteiger partial charge in [-0.25, -0.2) is 4.79 Å². The van der Waals surface area contributed by atoms with Crippen LogP contribution in [0.5, 0.6) is 0 Å². The maximum Gasteiger partial charge on any atom is 0.329 e. The number of hydrogen-bond donors (Lipinski definition) is 2. The highest BCUT2D eigenvalue weighted by Crippen LogP contribution is 2.30. The van der Waals surface area contributed by atoms with Gasteiger partial charge in [-0.1, -0.05) is 43.7 Å². The quantitative estimate of drug-likeness (QED) is 0.418. The molecular formula is C25H29N7O2. The molecule has 3 aromatic heterocycles. The molecule has 1 aliphatic carbocycles. The zero-order valence-corrected chi connectivity index (χ0v) is 19.3. The largest absolute Gasteiger partial charge is 0.391 e. The number of pyridine rings is 1. The lowest BCUT2D eigenvalue weighted by Crippen LogP contribution is -2.31. The van der Waals surface area contributed by atoms with Crippen LogP contribution in [0, 0.1) is 0 Å². The number of hydrogen-bond acceptors (Lipinski definition) is 6. The van der Waals surface area contributed by atoms with Crippen LogP contribution < -0.4 is 5.69 Å². The lowest BCUT2D eigenvalue weighted by atomic mass is 10.0. The fourth-order valence-electron chi connectivity index (χ4n) is 4.80. The minimum absolute atomic E-state index is 0.0645. The number of rotatable bonds is 8. The number of aromatic amines is 1. The predicted octanol–water partition coefficient (Wildman–Crippen LogP) is 3.37. The SMILES string of the molecule is CCCCc1cn(C2CCCC2O)c(=O)n1Cc1ccc(-c2ccccc2-c2nn[nH]n2)cn1. The summed E-state index contributed by atoms with van der Waals surface area (Å²) in [7, 11) is 0. The zero-order valence-electron chi connectivity index (χ0n) is 19.3. The maximum atomic E-state index is 13.3. The number of aromatic nitrogens is 7. The lowest BCUT2D eigenvalue weighted by molar-refractivity contribution is 0.134. The van der Waals surface area contributed by atoms with Gasteiger partial charge >= 0.3 is 5.69 Å². The van der Waals surface area contributed by atoms with Crippen molar-refractivity contribution in [1.29, 1.82) is 0 Å². The second-order valence-electron chi connectivity index (χ2n) is 8.88. The summed E-state index contributed by atoms with van der Waals surface area (Å²) in [4.78, 5) is 18.0. The molecule has 3 heterocycles. The van der Waals surface area contributed by atoms with Crippen LogP contribution in [0.1, 0.15) is 56.5 Å². The molecule has 0 aliphatic heterocycles. The smallest absolute Gasteiger partial charge is 0.329 e. The summed E-state index contributed by atoms with van der Waals surface area (Å²) in [6.07, 6.45) is 8.75. The van der Waals surface area contributed by atoms with Crippen molar-refractivity contribution < 1.29 is 5.11 Å². The topological polar surface area (TPSA) is 115 Å². The third-order valence-corrected chi connectivity index (χ3v) is 6.64. The molecule has 2 unspecified atom stereocenters. The van der Waals surface area contributed by atoms with E-state index < -0.39 is 6.10 Å². The number of benzene rings is 1. The molecule has 0 saturated heterocycles. The highest BCUT2D eigenvalue weighted by atomic mass is 16.3. The van der Waals surface area contributed by atoms with Crippen LogP contribution in [0.4, 0.5) is 0 Å². The van der Waals surface area contributed by atoms with E-state index in [0.29, 0.717) is 12.4 Å². The summed E-state index contributed by atoms with van der Waals surface area (Å²) < 4.78 is 3.56. The van der Waals surface area contributed by atoms with Crippen LogP contribution in [0.25, 0.3) is 22.5 Å². The minimum Gasteiger partial charge on any atom is -0.391 e. The number of aliphatic hydroxyl groups is 1. The number of imidazole rings is 1. The Morgan fingerprint density at radius 2 is 2.00 bits per heavy atom. The van der Waals surface area contributed by atoms with E-state index in [0.717, 1.165) is 66.6 Å². The van der Waals surface area contributed by atoms with Crippen LogP contribution in [0.3, 0.4) is 0 Å². The molecule has 176 valence electrons. The van der Waals surface area contributed by atoms with E-state index >= 15 is 0 Å². The van der Waals surface area contributed by atoms with Crippen LogP contribution in [0.2, 0.25) is 0 Å². The van der Waals surface area contributed by atoms with Gasteiger partial charge in [-0.05, 0) is 48.9 Å². The summed E-state index contributed by atoms with van der Waals surface area (Å²) in [5.41, 5.74) is 4.52. The van der Waals surface area contributed by atoms with Crippen molar-refractivity contribution >= 4 is 0 Å². The second kappa shape index (κ2) is 9.72. The van der Waals surface area contributed by atoms with Crippen molar-refractivity contribution in [3.8, 4) is 22.5 Å². The molecule has 1 aromatic carbocycles. The summed E-state index contributed by atoms with van der Waals surface area (Å²) in [5, 5.41) is 24.7. The minimum atomic E-state index is -0.454. The van der Waals surface area contributed by atoms with Crippen molar-refractivity contribution in [3.63, 3.8) is 0 Å². The number of nitrogens with one attached hydrogen (secondary N) is 1. The van der Waals surface area contributed by atoms with Crippen molar-refractivity contribution in [3.05, 3.63) is 70.7 Å². The molecule has 2 atom stereocenters. The molecule has 34 heavy (non-hydrogen) atoms. The van der Waals surface area contributed by atoms with Gasteiger partial charge in [-0.3, -0.25) is 14.1 Å². The first-order valence-electron chi connectivity index (χ1n) is 11.9. The van der Waals surface area contributed by atoms with Crippen LogP contribution in [-0.4, -0.2) is 46.0 Å². The number of nitrogens with zero attached hydrogens (tertiary/aromatic N) is 6. The Balaban J connectivity index is 1.44. The number of aryl methyl sites for hydroxylation is 1. The molecule has 0 bridgehead atoms. The average molecular weight is 460 g/mol. The standard InChI is InChI=1S/C25H29N7O2/c1-2-3-7-19-16-32(22-10-6-11-23(22)33)25(34)31(19)15-18-13-12-17(14-26-18)20-8-4-5-9-21(20)24-27-29-30-28-24/h4-5,8-9,12-14,16,22-23,33H,2-3,6-7,10-11,15H2,1H3,(H,27,28,29,30). The summed E-state index contributed by atoms with van der Waals surface area (Å²) in [5.74, 6) is 0.530. The number of unbranched alkanes of at least 4 members (excludes halogenated alkanes) is 1. The van der Waals surface area contributed by atoms with Crippen LogP contribution in [0.15, 0.2) is 53.6 Å². The third-order valence-electron chi connectivity index (χ3n) is 6.64. The van der Waals surface area contributed by atoms with Gasteiger partial charge < -0.3 is 5.11 Å². The normalized spacial score (nSPS) is 17.9. The Bertz CT molecular complexity index is 1290. The molecule has 1 fully saturated rings. The van der Waals surface area contributed by atoms with Crippen LogP contribution in [-0.2, 0) is 13.0 Å². The second-order valence-corrected chi connectivity index (χ2v) is 8.88. The van der Waals surface area contributed by atoms with Gasteiger partial charge in [0.15, 0.2) is 0 Å². The predicted molar refractivity (Wildman–Crippen MR) is 128 cm³/mol. The molecule has 0 radical (unpaired) electrons. The van der Waals surface area contributed by atoms with E-state index in [2.05, 4.69) is 32.5 Å². The van der Waals surface area contributed by atoms with Gasteiger partial charge in [0, 0.05) is 29.2 Å². The Labute approximate surface area is 197 Å². The van der Waals surface area contributed by atoms with E-state index in [1.807, 2.05) is 53.4 Å². The number of H-pyrrole nitrogens is 1. The lowest BCUT2D eigenvalue weighted by Gasteiger charge is -2.14. The highest BCUT2D eigenvalue weighted by molar-refractivity contribution is 5.79. The summed E-state index contributed by atoms with van der Waals surface area (Å²) >= 11 is 0. The van der Waals surface area contributed by atoms with Crippen LogP contribution >= 0.6 is 0 Å². The first-order chi connectivity index (χ1) is 16.7. The Kier molecular flexibility index (Phi) is 6.35. The van der Waals surface area contributed by atoms with E-state index in [4.69, 9.17) is 0 Å². The van der Waals surface area contributed by atoms with Crippen molar-refractivity contribution in [2.45, 2.75) is 64.1 Å².